The molecule has 0 atom stereocenters. The maximum Gasteiger partial charge on any atom is 0.261 e. The highest BCUT2D eigenvalue weighted by Gasteiger charge is 2.19. The second-order valence-corrected chi connectivity index (χ2v) is 8.45. The average molecular weight is 508 g/mol. The molecule has 0 saturated heterocycles. The van der Waals surface area contributed by atoms with Crippen molar-refractivity contribution in [1.82, 2.24) is 9.97 Å². The maximum atomic E-state index is 14.3. The zero-order valence-electron chi connectivity index (χ0n) is 18.4. The predicted octanol–water partition coefficient (Wildman–Crippen LogP) is 6.54. The summed E-state index contributed by atoms with van der Waals surface area (Å²) >= 11 is 7.60. The first kappa shape index (κ1) is 24.2. The smallest absolute Gasteiger partial charge is 0.261 e. The fourth-order valence-electron chi connectivity index (χ4n) is 3.15. The molecular weight excluding hydrogens is 489 g/mol. The van der Waals surface area contributed by atoms with Crippen molar-refractivity contribution < 1.29 is 14.0 Å². The highest BCUT2D eigenvalue weighted by atomic mass is 35.5. The van der Waals surface area contributed by atoms with Crippen molar-refractivity contribution in [2.75, 3.05) is 22.2 Å². The Labute approximate surface area is 210 Å². The van der Waals surface area contributed by atoms with Gasteiger partial charge in [0.15, 0.2) is 0 Å². The van der Waals surface area contributed by atoms with Crippen molar-refractivity contribution >= 4 is 64.4 Å². The number of para-hydroxylation sites is 2. The number of benzene rings is 3. The Hall–Kier alpha value is -3.95. The molecule has 0 fully saturated rings. The number of carbonyl (C=O) groups is 2. The van der Waals surface area contributed by atoms with E-state index in [2.05, 4.69) is 25.9 Å². The zero-order chi connectivity index (χ0) is 24.8. The Morgan fingerprint density at radius 2 is 1.80 bits per heavy atom. The summed E-state index contributed by atoms with van der Waals surface area (Å²) in [6.07, 6.45) is 4.02. The quantitative estimate of drug-likeness (QED) is 0.184. The minimum absolute atomic E-state index is 0.0681. The van der Waals surface area contributed by atoms with Crippen LogP contribution in [-0.2, 0) is 0 Å². The molecule has 0 bridgehead atoms. The SMILES string of the molecule is CSc1ccccc1Nc1nc(Nc2ccc(C=O)cc2)ncc1C(=O)Nc1c(F)cccc1Cl. The van der Waals surface area contributed by atoms with E-state index in [0.29, 0.717) is 11.3 Å². The molecular formula is C25H19ClFN5O2S. The molecule has 0 unspecified atom stereocenters. The third-order valence-electron chi connectivity index (χ3n) is 4.90. The van der Waals surface area contributed by atoms with Crippen LogP contribution in [0.3, 0.4) is 0 Å². The highest BCUT2D eigenvalue weighted by molar-refractivity contribution is 7.98. The van der Waals surface area contributed by atoms with Gasteiger partial charge in [0.2, 0.25) is 5.95 Å². The standard InChI is InChI=1S/C25H19ClFN5O2S/c1-35-21-8-3-2-7-20(21)30-23-17(24(34)31-22-18(26)5-4-6-19(22)27)13-28-25(32-23)29-16-11-9-15(14-33)10-12-16/h2-14H,1H3,(H,31,34)(H2,28,29,30,32). The number of aromatic nitrogens is 2. The van der Waals surface area contributed by atoms with Crippen molar-refractivity contribution in [2.45, 2.75) is 4.90 Å². The lowest BCUT2D eigenvalue weighted by atomic mass is 10.2. The normalized spacial score (nSPS) is 10.5. The Bertz CT molecular complexity index is 1360. The van der Waals surface area contributed by atoms with Gasteiger partial charge in [-0.1, -0.05) is 29.8 Å². The summed E-state index contributed by atoms with van der Waals surface area (Å²) in [6.45, 7) is 0. The molecule has 0 spiro atoms. The Morgan fingerprint density at radius 1 is 1.03 bits per heavy atom. The highest BCUT2D eigenvalue weighted by Crippen LogP contribution is 2.30. The van der Waals surface area contributed by atoms with Crippen molar-refractivity contribution in [1.29, 1.82) is 0 Å². The number of hydrogen-bond acceptors (Lipinski definition) is 7. The van der Waals surface area contributed by atoms with Crippen LogP contribution in [0, 0.1) is 5.82 Å². The maximum absolute atomic E-state index is 14.3. The van der Waals surface area contributed by atoms with Gasteiger partial charge in [0, 0.05) is 22.3 Å². The van der Waals surface area contributed by atoms with Crippen LogP contribution in [0.4, 0.5) is 33.2 Å². The third-order valence-corrected chi connectivity index (χ3v) is 6.01. The summed E-state index contributed by atoms with van der Waals surface area (Å²) in [5, 5.41) is 8.81. The monoisotopic (exact) mass is 507 g/mol. The van der Waals surface area contributed by atoms with Crippen LogP contribution in [0.2, 0.25) is 5.02 Å². The molecule has 0 aliphatic rings. The van der Waals surface area contributed by atoms with Crippen LogP contribution in [-0.4, -0.2) is 28.4 Å². The molecule has 1 heterocycles. The molecule has 0 aliphatic heterocycles. The lowest BCUT2D eigenvalue weighted by molar-refractivity contribution is 0.102. The van der Waals surface area contributed by atoms with Crippen LogP contribution >= 0.6 is 23.4 Å². The molecule has 0 saturated carbocycles. The molecule has 4 rings (SSSR count). The number of thioether (sulfide) groups is 1. The first-order valence-corrected chi connectivity index (χ1v) is 11.9. The largest absolute Gasteiger partial charge is 0.338 e. The lowest BCUT2D eigenvalue weighted by Crippen LogP contribution is -2.17. The van der Waals surface area contributed by atoms with Gasteiger partial charge in [0.1, 0.15) is 23.5 Å². The molecule has 10 heteroatoms. The van der Waals surface area contributed by atoms with Crippen molar-refractivity contribution in [3.63, 3.8) is 0 Å². The van der Waals surface area contributed by atoms with Crippen LogP contribution in [0.15, 0.2) is 77.8 Å². The first-order chi connectivity index (χ1) is 17.0. The number of aldehydes is 1. The summed E-state index contributed by atoms with van der Waals surface area (Å²) in [6, 6.07) is 18.4. The van der Waals surface area contributed by atoms with E-state index < -0.39 is 11.7 Å². The van der Waals surface area contributed by atoms with E-state index in [4.69, 9.17) is 11.6 Å². The van der Waals surface area contributed by atoms with E-state index in [1.165, 1.54) is 36.2 Å². The molecule has 0 radical (unpaired) electrons. The second kappa shape index (κ2) is 11.0. The number of amides is 1. The van der Waals surface area contributed by atoms with Gasteiger partial charge in [0.25, 0.3) is 5.91 Å². The van der Waals surface area contributed by atoms with Crippen LogP contribution in [0.1, 0.15) is 20.7 Å². The minimum atomic E-state index is -0.661. The van der Waals surface area contributed by atoms with E-state index in [0.717, 1.165) is 16.9 Å². The van der Waals surface area contributed by atoms with Crippen LogP contribution < -0.4 is 16.0 Å². The Kier molecular flexibility index (Phi) is 7.59. The van der Waals surface area contributed by atoms with E-state index >= 15 is 0 Å². The predicted molar refractivity (Wildman–Crippen MR) is 138 cm³/mol. The number of carbonyl (C=O) groups excluding carboxylic acids is 2. The molecule has 7 nitrogen and oxygen atoms in total. The summed E-state index contributed by atoms with van der Waals surface area (Å²) in [5.74, 6) is -0.874. The third kappa shape index (κ3) is 5.76. The Balaban J connectivity index is 1.70. The number of hydrogen-bond donors (Lipinski definition) is 3. The fraction of sp³-hybridized carbons (Fsp3) is 0.0400. The van der Waals surface area contributed by atoms with E-state index in [1.807, 2.05) is 30.5 Å². The molecule has 35 heavy (non-hydrogen) atoms. The summed E-state index contributed by atoms with van der Waals surface area (Å²) in [4.78, 5) is 33.7. The molecule has 1 aromatic heterocycles. The molecule has 176 valence electrons. The van der Waals surface area contributed by atoms with E-state index in [9.17, 15) is 14.0 Å². The topological polar surface area (TPSA) is 96.0 Å². The number of nitrogens with one attached hydrogen (secondary N) is 3. The van der Waals surface area contributed by atoms with Crippen molar-refractivity contribution in [3.8, 4) is 0 Å². The molecule has 4 aromatic rings. The van der Waals surface area contributed by atoms with E-state index in [1.54, 1.807) is 24.3 Å². The molecule has 3 aromatic carbocycles. The lowest BCUT2D eigenvalue weighted by Gasteiger charge is -2.15. The van der Waals surface area contributed by atoms with Crippen LogP contribution in [0.25, 0.3) is 0 Å². The van der Waals surface area contributed by atoms with Gasteiger partial charge in [-0.25, -0.2) is 9.37 Å². The van der Waals surface area contributed by atoms with E-state index in [-0.39, 0.29) is 28.0 Å². The second-order valence-electron chi connectivity index (χ2n) is 7.20. The molecule has 1 amide bonds. The van der Waals surface area contributed by atoms with Gasteiger partial charge < -0.3 is 16.0 Å². The summed E-state index contributed by atoms with van der Waals surface area (Å²) < 4.78 is 14.3. The molecule has 0 aliphatic carbocycles. The zero-order valence-corrected chi connectivity index (χ0v) is 20.0. The van der Waals surface area contributed by atoms with Gasteiger partial charge in [-0.15, -0.1) is 11.8 Å². The first-order valence-electron chi connectivity index (χ1n) is 10.3. The van der Waals surface area contributed by atoms with Crippen LogP contribution in [0.5, 0.6) is 0 Å². The minimum Gasteiger partial charge on any atom is -0.338 e. The van der Waals surface area contributed by atoms with Gasteiger partial charge >= 0.3 is 0 Å². The number of rotatable bonds is 8. The van der Waals surface area contributed by atoms with Gasteiger partial charge in [-0.3, -0.25) is 9.59 Å². The van der Waals surface area contributed by atoms with Gasteiger partial charge in [0.05, 0.1) is 16.4 Å². The van der Waals surface area contributed by atoms with Crippen molar-refractivity contribution in [3.05, 3.63) is 94.9 Å². The molecule has 3 N–H and O–H groups in total. The summed E-state index contributed by atoms with van der Waals surface area (Å²) in [7, 11) is 0. The summed E-state index contributed by atoms with van der Waals surface area (Å²) in [5.41, 5.74) is 1.87. The number of nitrogens with zero attached hydrogens (tertiary/aromatic N) is 2. The average Bonchev–Trinajstić information content (AvgIpc) is 2.87. The number of halogens is 2. The van der Waals surface area contributed by atoms with Gasteiger partial charge in [-0.05, 0) is 54.8 Å². The van der Waals surface area contributed by atoms with Gasteiger partial charge in [-0.2, -0.15) is 4.98 Å². The fourth-order valence-corrected chi connectivity index (χ4v) is 3.92. The van der Waals surface area contributed by atoms with Crippen molar-refractivity contribution in [2.24, 2.45) is 0 Å². The number of anilines is 5. The Morgan fingerprint density at radius 3 is 2.51 bits per heavy atom.